The van der Waals surface area contributed by atoms with Crippen molar-refractivity contribution in [2.45, 2.75) is 45.1 Å². The Hall–Kier alpha value is -0.0800. The Balaban J connectivity index is 1.92. The van der Waals surface area contributed by atoms with Crippen molar-refractivity contribution in [1.29, 1.82) is 0 Å². The molecule has 1 fully saturated rings. The van der Waals surface area contributed by atoms with Crippen molar-refractivity contribution in [3.05, 3.63) is 0 Å². The Kier molecular flexibility index (Phi) is 3.53. The fraction of sp³-hybridized carbons (Fsp3) is 1.00. The van der Waals surface area contributed by atoms with E-state index in [0.717, 1.165) is 18.9 Å². The Morgan fingerprint density at radius 3 is 2.67 bits per heavy atom. The summed E-state index contributed by atoms with van der Waals surface area (Å²) in [5, 5.41) is 0. The van der Waals surface area contributed by atoms with E-state index >= 15 is 0 Å². The maximum absolute atomic E-state index is 5.92. The molecule has 0 aromatic heterocycles. The van der Waals surface area contributed by atoms with Gasteiger partial charge in [0, 0.05) is 12.1 Å². The molecule has 2 nitrogen and oxygen atoms in total. The SMILES string of the molecule is CCC(C)(N)COCCC1CC1. The van der Waals surface area contributed by atoms with Gasteiger partial charge in [0.15, 0.2) is 0 Å². The fourth-order valence-electron chi connectivity index (χ4n) is 1.06. The van der Waals surface area contributed by atoms with Gasteiger partial charge in [-0.05, 0) is 25.7 Å². The van der Waals surface area contributed by atoms with Crippen LogP contribution in [0.25, 0.3) is 0 Å². The van der Waals surface area contributed by atoms with Gasteiger partial charge in [0.2, 0.25) is 0 Å². The summed E-state index contributed by atoms with van der Waals surface area (Å²) in [4.78, 5) is 0. The highest BCUT2D eigenvalue weighted by Crippen LogP contribution is 2.32. The third-order valence-electron chi connectivity index (χ3n) is 2.61. The lowest BCUT2D eigenvalue weighted by molar-refractivity contribution is 0.0852. The minimum atomic E-state index is -0.121. The molecule has 0 aliphatic heterocycles. The molecule has 0 saturated heterocycles. The molecule has 2 heteroatoms. The molecule has 0 spiro atoms. The molecule has 1 rings (SSSR count). The number of rotatable bonds is 6. The summed E-state index contributed by atoms with van der Waals surface area (Å²) >= 11 is 0. The predicted molar refractivity (Wildman–Crippen MR) is 51.0 cm³/mol. The molecule has 0 aromatic carbocycles. The number of hydrogen-bond donors (Lipinski definition) is 1. The molecule has 1 unspecified atom stereocenters. The van der Waals surface area contributed by atoms with Crippen LogP contribution < -0.4 is 5.73 Å². The van der Waals surface area contributed by atoms with Gasteiger partial charge in [0.1, 0.15) is 0 Å². The normalized spacial score (nSPS) is 22.2. The van der Waals surface area contributed by atoms with Crippen molar-refractivity contribution in [3.63, 3.8) is 0 Å². The van der Waals surface area contributed by atoms with E-state index in [2.05, 4.69) is 6.92 Å². The zero-order valence-electron chi connectivity index (χ0n) is 8.31. The molecule has 2 N–H and O–H groups in total. The van der Waals surface area contributed by atoms with E-state index in [4.69, 9.17) is 10.5 Å². The first-order valence-corrected chi connectivity index (χ1v) is 5.00. The molecule has 0 radical (unpaired) electrons. The monoisotopic (exact) mass is 171 g/mol. The average Bonchev–Trinajstić information content (AvgIpc) is 2.82. The minimum absolute atomic E-state index is 0.121. The van der Waals surface area contributed by atoms with Crippen LogP contribution in [-0.2, 0) is 4.74 Å². The molecule has 72 valence electrons. The molecule has 0 heterocycles. The summed E-state index contributed by atoms with van der Waals surface area (Å²) < 4.78 is 5.52. The van der Waals surface area contributed by atoms with Crippen molar-refractivity contribution < 1.29 is 4.74 Å². The summed E-state index contributed by atoms with van der Waals surface area (Å²) in [7, 11) is 0. The van der Waals surface area contributed by atoms with Crippen molar-refractivity contribution in [1.82, 2.24) is 0 Å². The largest absolute Gasteiger partial charge is 0.380 e. The molecule has 1 aliphatic carbocycles. The predicted octanol–water partition coefficient (Wildman–Crippen LogP) is 1.93. The number of nitrogens with two attached hydrogens (primary N) is 1. The maximum atomic E-state index is 5.92. The van der Waals surface area contributed by atoms with Crippen LogP contribution in [-0.4, -0.2) is 18.8 Å². The lowest BCUT2D eigenvalue weighted by Crippen LogP contribution is -2.40. The molecule has 12 heavy (non-hydrogen) atoms. The van der Waals surface area contributed by atoms with E-state index in [1.807, 2.05) is 6.92 Å². The first kappa shape index (κ1) is 10.0. The third kappa shape index (κ3) is 4.07. The van der Waals surface area contributed by atoms with E-state index in [1.165, 1.54) is 19.3 Å². The molecule has 0 bridgehead atoms. The summed E-state index contributed by atoms with van der Waals surface area (Å²) in [5.74, 6) is 0.968. The fourth-order valence-corrected chi connectivity index (χ4v) is 1.06. The zero-order chi connectivity index (χ0) is 9.03. The number of hydrogen-bond acceptors (Lipinski definition) is 2. The molecule has 0 aromatic rings. The van der Waals surface area contributed by atoms with E-state index in [1.54, 1.807) is 0 Å². The van der Waals surface area contributed by atoms with E-state index in [9.17, 15) is 0 Å². The van der Waals surface area contributed by atoms with Crippen LogP contribution in [0.2, 0.25) is 0 Å². The topological polar surface area (TPSA) is 35.2 Å². The first-order valence-electron chi connectivity index (χ1n) is 5.00. The minimum Gasteiger partial charge on any atom is -0.380 e. The van der Waals surface area contributed by atoms with Gasteiger partial charge < -0.3 is 10.5 Å². The van der Waals surface area contributed by atoms with E-state index in [-0.39, 0.29) is 5.54 Å². The molecule has 1 aliphatic rings. The second-order valence-electron chi connectivity index (χ2n) is 4.29. The maximum Gasteiger partial charge on any atom is 0.0643 e. The third-order valence-corrected chi connectivity index (χ3v) is 2.61. The van der Waals surface area contributed by atoms with Crippen LogP contribution in [0.1, 0.15) is 39.5 Å². The molecular weight excluding hydrogens is 150 g/mol. The van der Waals surface area contributed by atoms with Crippen LogP contribution in [0.5, 0.6) is 0 Å². The van der Waals surface area contributed by atoms with Crippen molar-refractivity contribution in [2.75, 3.05) is 13.2 Å². The average molecular weight is 171 g/mol. The van der Waals surface area contributed by atoms with Crippen LogP contribution in [0.3, 0.4) is 0 Å². The molecule has 1 saturated carbocycles. The highest BCUT2D eigenvalue weighted by molar-refractivity contribution is 4.76. The van der Waals surface area contributed by atoms with Gasteiger partial charge in [-0.2, -0.15) is 0 Å². The highest BCUT2D eigenvalue weighted by atomic mass is 16.5. The molecule has 0 amide bonds. The van der Waals surface area contributed by atoms with Gasteiger partial charge in [-0.3, -0.25) is 0 Å². The highest BCUT2D eigenvalue weighted by Gasteiger charge is 2.21. The van der Waals surface area contributed by atoms with Gasteiger partial charge in [-0.1, -0.05) is 19.8 Å². The van der Waals surface area contributed by atoms with Crippen molar-refractivity contribution in [3.8, 4) is 0 Å². The lowest BCUT2D eigenvalue weighted by atomic mass is 10.0. The second-order valence-corrected chi connectivity index (χ2v) is 4.29. The van der Waals surface area contributed by atoms with Crippen molar-refractivity contribution in [2.24, 2.45) is 11.7 Å². The van der Waals surface area contributed by atoms with E-state index < -0.39 is 0 Å². The molecule has 1 atom stereocenters. The van der Waals surface area contributed by atoms with Crippen LogP contribution in [0.15, 0.2) is 0 Å². The van der Waals surface area contributed by atoms with Gasteiger partial charge >= 0.3 is 0 Å². The van der Waals surface area contributed by atoms with Gasteiger partial charge in [-0.25, -0.2) is 0 Å². The summed E-state index contributed by atoms with van der Waals surface area (Å²) in [5.41, 5.74) is 5.80. The van der Waals surface area contributed by atoms with Crippen molar-refractivity contribution >= 4 is 0 Å². The first-order chi connectivity index (χ1) is 5.64. The van der Waals surface area contributed by atoms with Gasteiger partial charge in [0.25, 0.3) is 0 Å². The second kappa shape index (κ2) is 4.24. The van der Waals surface area contributed by atoms with Crippen LogP contribution >= 0.6 is 0 Å². The zero-order valence-corrected chi connectivity index (χ0v) is 8.31. The standard InChI is InChI=1S/C10H21NO/c1-3-10(2,11)8-12-7-6-9-4-5-9/h9H,3-8,11H2,1-2H3. The molecular formula is C10H21NO. The summed E-state index contributed by atoms with van der Waals surface area (Å²) in [6.45, 7) is 5.75. The lowest BCUT2D eigenvalue weighted by Gasteiger charge is -2.22. The van der Waals surface area contributed by atoms with Gasteiger partial charge in [-0.15, -0.1) is 0 Å². The Labute approximate surface area is 75.5 Å². The quantitative estimate of drug-likeness (QED) is 0.620. The summed E-state index contributed by atoms with van der Waals surface area (Å²) in [6, 6.07) is 0. The van der Waals surface area contributed by atoms with Gasteiger partial charge in [0.05, 0.1) is 6.61 Å². The smallest absolute Gasteiger partial charge is 0.0643 e. The van der Waals surface area contributed by atoms with Crippen LogP contribution in [0.4, 0.5) is 0 Å². The van der Waals surface area contributed by atoms with E-state index in [0.29, 0.717) is 6.61 Å². The summed E-state index contributed by atoms with van der Waals surface area (Å²) in [6.07, 6.45) is 5.05. The number of ether oxygens (including phenoxy) is 1. The Morgan fingerprint density at radius 1 is 1.50 bits per heavy atom. The Bertz CT molecular complexity index is 130. The Morgan fingerprint density at radius 2 is 2.17 bits per heavy atom. The van der Waals surface area contributed by atoms with Crippen LogP contribution in [0, 0.1) is 5.92 Å².